The highest BCUT2D eigenvalue weighted by Crippen LogP contribution is 2.49. The van der Waals surface area contributed by atoms with E-state index in [2.05, 4.69) is 4.98 Å². The molecule has 0 spiro atoms. The molecule has 208 valence electrons. The third-order valence-electron chi connectivity index (χ3n) is 7.44. The minimum absolute atomic E-state index is 0.111. The summed E-state index contributed by atoms with van der Waals surface area (Å²) in [5.41, 5.74) is -0.368. The SMILES string of the molecule is O=C(CC(c1cc2ccccc2[nH]c1=O)c1c(O)c(O)c(O)c2c(=O)cc(-c3ccccc3)oc12)N1CCOCC1. The van der Waals surface area contributed by atoms with Crippen LogP contribution < -0.4 is 11.0 Å². The van der Waals surface area contributed by atoms with Crippen LogP contribution in [0.1, 0.15) is 23.5 Å². The van der Waals surface area contributed by atoms with Crippen LogP contribution in [0, 0.1) is 0 Å². The second kappa shape index (κ2) is 10.5. The molecule has 1 saturated heterocycles. The van der Waals surface area contributed by atoms with Gasteiger partial charge in [-0.3, -0.25) is 14.4 Å². The fourth-order valence-electron chi connectivity index (χ4n) is 5.35. The van der Waals surface area contributed by atoms with E-state index >= 15 is 0 Å². The molecule has 1 atom stereocenters. The molecule has 3 aromatic carbocycles. The quantitative estimate of drug-likeness (QED) is 0.239. The highest BCUT2D eigenvalue weighted by atomic mass is 16.5. The van der Waals surface area contributed by atoms with E-state index in [0.29, 0.717) is 42.8 Å². The number of aromatic amines is 1. The standard InChI is InChI=1S/C31H26N2O8/c34-22-16-23(17-6-2-1-3-7-17)41-30-25(27(36)29(38)28(37)26(22)30)19(15-24(35)33-10-12-40-13-11-33)20-14-18-8-4-5-9-21(18)32-31(20)39/h1-9,14,16,19,36-38H,10-13,15H2,(H,32,39). The lowest BCUT2D eigenvalue weighted by Gasteiger charge is -2.29. The maximum atomic E-state index is 13.6. The molecule has 1 unspecified atom stereocenters. The van der Waals surface area contributed by atoms with Crippen molar-refractivity contribution in [2.24, 2.45) is 0 Å². The molecule has 1 aliphatic heterocycles. The maximum absolute atomic E-state index is 13.6. The number of rotatable bonds is 5. The summed E-state index contributed by atoms with van der Waals surface area (Å²) in [5, 5.41) is 33.0. The number of carbonyl (C=O) groups is 1. The number of carbonyl (C=O) groups excluding carboxylic acids is 1. The third-order valence-corrected chi connectivity index (χ3v) is 7.44. The van der Waals surface area contributed by atoms with Gasteiger partial charge >= 0.3 is 0 Å². The van der Waals surface area contributed by atoms with Gasteiger partial charge in [0.1, 0.15) is 16.7 Å². The van der Waals surface area contributed by atoms with Crippen LogP contribution in [0.2, 0.25) is 0 Å². The predicted molar refractivity (Wildman–Crippen MR) is 151 cm³/mol. The van der Waals surface area contributed by atoms with E-state index in [1.165, 1.54) is 6.07 Å². The minimum Gasteiger partial charge on any atom is -0.504 e. The molecule has 10 nitrogen and oxygen atoms in total. The summed E-state index contributed by atoms with van der Waals surface area (Å²) in [5.74, 6) is -3.96. The number of morpholine rings is 1. The number of hydrogen-bond acceptors (Lipinski definition) is 8. The smallest absolute Gasteiger partial charge is 0.252 e. The zero-order chi connectivity index (χ0) is 28.7. The van der Waals surface area contributed by atoms with E-state index in [-0.39, 0.29) is 40.2 Å². The molecule has 0 radical (unpaired) electrons. The first-order valence-electron chi connectivity index (χ1n) is 13.1. The molecule has 3 heterocycles. The molecular weight excluding hydrogens is 528 g/mol. The van der Waals surface area contributed by atoms with Gasteiger partial charge in [-0.25, -0.2) is 0 Å². The van der Waals surface area contributed by atoms with Crippen molar-refractivity contribution in [3.63, 3.8) is 0 Å². The third kappa shape index (κ3) is 4.68. The summed E-state index contributed by atoms with van der Waals surface area (Å²) in [6, 6.07) is 18.6. The van der Waals surface area contributed by atoms with E-state index < -0.39 is 34.2 Å². The number of nitrogens with zero attached hydrogens (tertiary/aromatic N) is 1. The molecule has 41 heavy (non-hydrogen) atoms. The van der Waals surface area contributed by atoms with Gasteiger partial charge in [-0.05, 0) is 17.5 Å². The fraction of sp³-hybridized carbons (Fsp3) is 0.194. The monoisotopic (exact) mass is 554 g/mol. The molecule has 10 heteroatoms. The van der Waals surface area contributed by atoms with Crippen molar-refractivity contribution < 1.29 is 29.3 Å². The Kier molecular flexibility index (Phi) is 6.68. The number of aromatic nitrogens is 1. The van der Waals surface area contributed by atoms with E-state index in [9.17, 15) is 29.7 Å². The maximum Gasteiger partial charge on any atom is 0.252 e. The molecule has 1 fully saturated rings. The molecule has 6 rings (SSSR count). The summed E-state index contributed by atoms with van der Waals surface area (Å²) >= 11 is 0. The Bertz CT molecular complexity index is 1910. The van der Waals surface area contributed by atoms with Crippen molar-refractivity contribution in [2.45, 2.75) is 12.3 Å². The highest BCUT2D eigenvalue weighted by Gasteiger charge is 2.33. The zero-order valence-electron chi connectivity index (χ0n) is 21.8. The Morgan fingerprint density at radius 1 is 0.902 bits per heavy atom. The number of amides is 1. The van der Waals surface area contributed by atoms with Crippen molar-refractivity contribution in [3.05, 3.63) is 98.4 Å². The number of fused-ring (bicyclic) bond motifs is 2. The summed E-state index contributed by atoms with van der Waals surface area (Å²) < 4.78 is 11.5. The minimum atomic E-state index is -1.16. The summed E-state index contributed by atoms with van der Waals surface area (Å²) in [4.78, 5) is 44.8. The number of H-pyrrole nitrogens is 1. The van der Waals surface area contributed by atoms with Crippen molar-refractivity contribution in [1.82, 2.24) is 9.88 Å². The number of phenolic OH excluding ortho intramolecular Hbond substituents is 3. The van der Waals surface area contributed by atoms with Crippen LogP contribution in [0.3, 0.4) is 0 Å². The van der Waals surface area contributed by atoms with E-state index in [1.54, 1.807) is 65.6 Å². The number of benzene rings is 3. The zero-order valence-corrected chi connectivity index (χ0v) is 21.8. The first-order chi connectivity index (χ1) is 19.8. The van der Waals surface area contributed by atoms with E-state index in [1.807, 2.05) is 0 Å². The van der Waals surface area contributed by atoms with Gasteiger partial charge in [0.15, 0.2) is 16.9 Å². The second-order valence-corrected chi connectivity index (χ2v) is 9.90. The molecule has 0 saturated carbocycles. The van der Waals surface area contributed by atoms with Gasteiger partial charge in [0.25, 0.3) is 5.56 Å². The fourth-order valence-corrected chi connectivity index (χ4v) is 5.35. The van der Waals surface area contributed by atoms with Gasteiger partial charge in [0.2, 0.25) is 11.7 Å². The number of nitrogens with one attached hydrogen (secondary N) is 1. The lowest BCUT2D eigenvalue weighted by molar-refractivity contribution is -0.135. The van der Waals surface area contributed by atoms with Crippen LogP contribution in [-0.4, -0.2) is 57.4 Å². The Morgan fingerprint density at radius 3 is 2.37 bits per heavy atom. The van der Waals surface area contributed by atoms with E-state index in [4.69, 9.17) is 9.15 Å². The molecule has 2 aromatic heterocycles. The molecule has 5 aromatic rings. The van der Waals surface area contributed by atoms with Crippen molar-refractivity contribution >= 4 is 27.8 Å². The Balaban J connectivity index is 1.64. The number of phenols is 3. The molecular formula is C31H26N2O8. The normalized spacial score (nSPS) is 14.4. The van der Waals surface area contributed by atoms with Crippen molar-refractivity contribution in [1.29, 1.82) is 0 Å². The Hall–Kier alpha value is -5.09. The number of ether oxygens (including phenoxy) is 1. The Labute approximate surface area is 232 Å². The lowest BCUT2D eigenvalue weighted by Crippen LogP contribution is -2.41. The van der Waals surface area contributed by atoms with E-state index in [0.717, 1.165) is 0 Å². The lowest BCUT2D eigenvalue weighted by atomic mass is 9.85. The van der Waals surface area contributed by atoms with Crippen LogP contribution in [0.4, 0.5) is 0 Å². The number of hydrogen-bond donors (Lipinski definition) is 4. The summed E-state index contributed by atoms with van der Waals surface area (Å²) in [6.07, 6.45) is -0.298. The Morgan fingerprint density at radius 2 is 1.61 bits per heavy atom. The average Bonchev–Trinajstić information content (AvgIpc) is 2.99. The second-order valence-electron chi connectivity index (χ2n) is 9.90. The van der Waals surface area contributed by atoms with Crippen LogP contribution in [0.25, 0.3) is 33.2 Å². The number of pyridine rings is 1. The molecule has 1 amide bonds. The largest absolute Gasteiger partial charge is 0.504 e. The number of para-hydroxylation sites is 1. The van der Waals surface area contributed by atoms with Crippen LogP contribution >= 0.6 is 0 Å². The van der Waals surface area contributed by atoms with Gasteiger partial charge in [-0.1, -0.05) is 48.5 Å². The first kappa shape index (κ1) is 26.1. The topological polar surface area (TPSA) is 153 Å². The molecule has 4 N–H and O–H groups in total. The van der Waals surface area contributed by atoms with Gasteiger partial charge in [-0.2, -0.15) is 0 Å². The van der Waals surface area contributed by atoms with Crippen LogP contribution in [0.15, 0.2) is 80.7 Å². The van der Waals surface area contributed by atoms with Crippen molar-refractivity contribution in [2.75, 3.05) is 26.3 Å². The molecule has 0 aliphatic carbocycles. The van der Waals surface area contributed by atoms with Crippen LogP contribution in [-0.2, 0) is 9.53 Å². The predicted octanol–water partition coefficient (Wildman–Crippen LogP) is 3.80. The summed E-state index contributed by atoms with van der Waals surface area (Å²) in [6.45, 7) is 1.41. The van der Waals surface area contributed by atoms with Gasteiger partial charge in [0, 0.05) is 53.7 Å². The number of aromatic hydroxyl groups is 3. The van der Waals surface area contributed by atoms with Crippen LogP contribution in [0.5, 0.6) is 17.2 Å². The average molecular weight is 555 g/mol. The van der Waals surface area contributed by atoms with Gasteiger partial charge in [-0.15, -0.1) is 0 Å². The highest BCUT2D eigenvalue weighted by molar-refractivity contribution is 5.94. The summed E-state index contributed by atoms with van der Waals surface area (Å²) in [7, 11) is 0. The molecule has 0 bridgehead atoms. The van der Waals surface area contributed by atoms with Gasteiger partial charge in [0.05, 0.1) is 13.2 Å². The van der Waals surface area contributed by atoms with Gasteiger partial charge < -0.3 is 34.4 Å². The molecule has 1 aliphatic rings. The first-order valence-corrected chi connectivity index (χ1v) is 13.1. The van der Waals surface area contributed by atoms with Crippen molar-refractivity contribution in [3.8, 4) is 28.6 Å².